The lowest BCUT2D eigenvalue weighted by molar-refractivity contribution is -0.138. The fourth-order valence-electron chi connectivity index (χ4n) is 3.05. The standard InChI is InChI=1S/C18H18N2O4/c1-10(17-15(21)6-7-16(17)22)20-14(18(23)24)8-11-9-19-13-5-3-2-4-12(11)13/h2-5,9,14,19,21H,6-8H2,1H3,(H,23,24). The van der Waals surface area contributed by atoms with E-state index >= 15 is 0 Å². The minimum Gasteiger partial charge on any atom is -0.511 e. The summed E-state index contributed by atoms with van der Waals surface area (Å²) in [7, 11) is 0. The summed E-state index contributed by atoms with van der Waals surface area (Å²) in [5.74, 6) is -1.26. The van der Waals surface area contributed by atoms with Crippen LogP contribution < -0.4 is 0 Å². The second-order valence-corrected chi connectivity index (χ2v) is 5.88. The number of carboxylic acid groups (broad SMARTS) is 1. The second kappa shape index (κ2) is 6.31. The molecule has 6 heteroatoms. The van der Waals surface area contributed by atoms with Crippen LogP contribution in [0.5, 0.6) is 0 Å². The Morgan fingerprint density at radius 2 is 2.08 bits per heavy atom. The van der Waals surface area contributed by atoms with Gasteiger partial charge < -0.3 is 15.2 Å². The molecule has 1 heterocycles. The van der Waals surface area contributed by atoms with E-state index in [4.69, 9.17) is 0 Å². The highest BCUT2D eigenvalue weighted by atomic mass is 16.4. The van der Waals surface area contributed by atoms with Gasteiger partial charge in [0.15, 0.2) is 11.8 Å². The number of aliphatic hydroxyl groups excluding tert-OH is 1. The first kappa shape index (κ1) is 16.0. The number of hydrogen-bond donors (Lipinski definition) is 3. The number of benzene rings is 1. The Morgan fingerprint density at radius 1 is 1.33 bits per heavy atom. The number of aromatic amines is 1. The number of carbonyl (C=O) groups is 2. The second-order valence-electron chi connectivity index (χ2n) is 5.88. The summed E-state index contributed by atoms with van der Waals surface area (Å²) in [6.45, 7) is 1.57. The van der Waals surface area contributed by atoms with Crippen LogP contribution >= 0.6 is 0 Å². The summed E-state index contributed by atoms with van der Waals surface area (Å²) in [5.41, 5.74) is 2.23. The van der Waals surface area contributed by atoms with Crippen LogP contribution in [0.15, 0.2) is 46.8 Å². The molecule has 1 aliphatic carbocycles. The molecule has 1 unspecified atom stereocenters. The molecule has 1 atom stereocenters. The Kier molecular flexibility index (Phi) is 4.20. The zero-order valence-corrected chi connectivity index (χ0v) is 13.2. The van der Waals surface area contributed by atoms with Crippen molar-refractivity contribution in [2.75, 3.05) is 0 Å². The van der Waals surface area contributed by atoms with Crippen molar-refractivity contribution >= 4 is 28.4 Å². The van der Waals surface area contributed by atoms with Crippen molar-refractivity contribution in [3.63, 3.8) is 0 Å². The number of aromatic nitrogens is 1. The van der Waals surface area contributed by atoms with Gasteiger partial charge in [0, 0.05) is 42.1 Å². The van der Waals surface area contributed by atoms with Crippen LogP contribution in [0.4, 0.5) is 0 Å². The molecule has 124 valence electrons. The number of para-hydroxylation sites is 1. The molecule has 0 radical (unpaired) electrons. The molecule has 1 aliphatic rings. The van der Waals surface area contributed by atoms with Crippen molar-refractivity contribution in [2.24, 2.45) is 4.99 Å². The van der Waals surface area contributed by atoms with Gasteiger partial charge in [-0.15, -0.1) is 0 Å². The molecular weight excluding hydrogens is 308 g/mol. The van der Waals surface area contributed by atoms with Gasteiger partial charge in [-0.3, -0.25) is 9.79 Å². The van der Waals surface area contributed by atoms with E-state index in [1.54, 1.807) is 13.1 Å². The minimum atomic E-state index is -1.06. The monoisotopic (exact) mass is 326 g/mol. The first-order valence-corrected chi connectivity index (χ1v) is 7.75. The summed E-state index contributed by atoms with van der Waals surface area (Å²) in [5, 5.41) is 20.2. The zero-order chi connectivity index (χ0) is 17.3. The molecule has 0 fully saturated rings. The molecule has 6 nitrogen and oxygen atoms in total. The number of aliphatic imine (C=N–C) groups is 1. The number of allylic oxidation sites excluding steroid dienone is 2. The van der Waals surface area contributed by atoms with E-state index < -0.39 is 12.0 Å². The molecule has 0 bridgehead atoms. The van der Waals surface area contributed by atoms with Crippen molar-refractivity contribution in [3.05, 3.63) is 47.4 Å². The van der Waals surface area contributed by atoms with Gasteiger partial charge in [0.1, 0.15) is 5.76 Å². The van der Waals surface area contributed by atoms with Crippen molar-refractivity contribution in [1.82, 2.24) is 4.98 Å². The van der Waals surface area contributed by atoms with E-state index in [1.165, 1.54) is 0 Å². The number of aliphatic hydroxyl groups is 1. The van der Waals surface area contributed by atoms with Crippen molar-refractivity contribution in [2.45, 2.75) is 32.2 Å². The van der Waals surface area contributed by atoms with Crippen LogP contribution in [0.2, 0.25) is 0 Å². The molecular formula is C18H18N2O4. The largest absolute Gasteiger partial charge is 0.511 e. The number of carboxylic acids is 1. The summed E-state index contributed by atoms with van der Waals surface area (Å²) in [6, 6.07) is 6.62. The molecule has 1 aromatic heterocycles. The van der Waals surface area contributed by atoms with E-state index in [0.717, 1.165) is 16.5 Å². The van der Waals surface area contributed by atoms with Gasteiger partial charge in [-0.25, -0.2) is 4.79 Å². The Morgan fingerprint density at radius 3 is 2.75 bits per heavy atom. The lowest BCUT2D eigenvalue weighted by atomic mass is 10.0. The fraction of sp³-hybridized carbons (Fsp3) is 0.278. The van der Waals surface area contributed by atoms with Crippen molar-refractivity contribution in [1.29, 1.82) is 0 Å². The molecule has 0 spiro atoms. The highest BCUT2D eigenvalue weighted by molar-refractivity contribution is 6.23. The predicted molar refractivity (Wildman–Crippen MR) is 90.4 cm³/mol. The maximum Gasteiger partial charge on any atom is 0.328 e. The summed E-state index contributed by atoms with van der Waals surface area (Å²) < 4.78 is 0. The Hall–Kier alpha value is -2.89. The van der Waals surface area contributed by atoms with E-state index in [9.17, 15) is 19.8 Å². The Bertz CT molecular complexity index is 876. The highest BCUT2D eigenvalue weighted by Crippen LogP contribution is 2.24. The molecule has 0 amide bonds. The molecule has 2 aromatic rings. The summed E-state index contributed by atoms with van der Waals surface area (Å²) >= 11 is 0. The number of nitrogens with one attached hydrogen (secondary N) is 1. The molecule has 3 N–H and O–H groups in total. The van der Waals surface area contributed by atoms with Crippen LogP contribution in [-0.2, 0) is 16.0 Å². The number of carbonyl (C=O) groups excluding carboxylic acids is 1. The highest BCUT2D eigenvalue weighted by Gasteiger charge is 2.27. The van der Waals surface area contributed by atoms with E-state index in [0.29, 0.717) is 6.42 Å². The lowest BCUT2D eigenvalue weighted by Gasteiger charge is -2.10. The van der Waals surface area contributed by atoms with Crippen LogP contribution in [0, 0.1) is 0 Å². The number of ketones is 1. The maximum absolute atomic E-state index is 11.8. The summed E-state index contributed by atoms with van der Waals surface area (Å²) in [4.78, 5) is 30.7. The van der Waals surface area contributed by atoms with Gasteiger partial charge in [0.2, 0.25) is 0 Å². The van der Waals surface area contributed by atoms with Crippen LogP contribution in [0.3, 0.4) is 0 Å². The number of nitrogens with zero attached hydrogens (tertiary/aromatic N) is 1. The number of rotatable bonds is 5. The Labute approximate surface area is 138 Å². The zero-order valence-electron chi connectivity index (χ0n) is 13.2. The van der Waals surface area contributed by atoms with Crippen LogP contribution in [-0.4, -0.2) is 38.7 Å². The van der Waals surface area contributed by atoms with E-state index in [2.05, 4.69) is 9.98 Å². The number of fused-ring (bicyclic) bond motifs is 1. The fourth-order valence-corrected chi connectivity index (χ4v) is 3.05. The first-order chi connectivity index (χ1) is 11.5. The Balaban J connectivity index is 1.91. The maximum atomic E-state index is 11.8. The quantitative estimate of drug-likeness (QED) is 0.735. The molecule has 1 aromatic carbocycles. The average Bonchev–Trinajstić information content (AvgIpc) is 3.10. The SMILES string of the molecule is CC(=NC(Cc1c[nH]c2ccccc12)C(=O)O)C1=C(O)CCC1=O. The third-order valence-corrected chi connectivity index (χ3v) is 4.24. The molecule has 24 heavy (non-hydrogen) atoms. The molecule has 0 saturated heterocycles. The van der Waals surface area contributed by atoms with Gasteiger partial charge in [0.05, 0.1) is 5.57 Å². The van der Waals surface area contributed by atoms with Gasteiger partial charge in [-0.1, -0.05) is 18.2 Å². The third kappa shape index (κ3) is 2.95. The summed E-state index contributed by atoms with van der Waals surface area (Å²) in [6.07, 6.45) is 2.53. The number of Topliss-reactive ketones (excluding diaryl/α,β-unsaturated/α-hetero) is 1. The van der Waals surface area contributed by atoms with Crippen LogP contribution in [0.1, 0.15) is 25.3 Å². The third-order valence-electron chi connectivity index (χ3n) is 4.24. The lowest BCUT2D eigenvalue weighted by Crippen LogP contribution is -2.23. The van der Waals surface area contributed by atoms with E-state index in [-0.39, 0.29) is 35.7 Å². The predicted octanol–water partition coefficient (Wildman–Crippen LogP) is 2.80. The van der Waals surface area contributed by atoms with Crippen molar-refractivity contribution in [3.8, 4) is 0 Å². The van der Waals surface area contributed by atoms with Crippen LogP contribution in [0.25, 0.3) is 10.9 Å². The number of H-pyrrole nitrogens is 1. The van der Waals surface area contributed by atoms with E-state index in [1.807, 2.05) is 24.3 Å². The van der Waals surface area contributed by atoms with Gasteiger partial charge in [-0.2, -0.15) is 0 Å². The molecule has 0 saturated carbocycles. The number of hydrogen-bond acceptors (Lipinski definition) is 4. The minimum absolute atomic E-state index is 0.00233. The average molecular weight is 326 g/mol. The number of aliphatic carboxylic acids is 1. The van der Waals surface area contributed by atoms with Gasteiger partial charge in [-0.05, 0) is 18.6 Å². The normalized spacial score (nSPS) is 16.9. The van der Waals surface area contributed by atoms with Crippen molar-refractivity contribution < 1.29 is 19.8 Å². The van der Waals surface area contributed by atoms with Gasteiger partial charge >= 0.3 is 5.97 Å². The first-order valence-electron chi connectivity index (χ1n) is 7.75. The topological polar surface area (TPSA) is 103 Å². The van der Waals surface area contributed by atoms with Gasteiger partial charge in [0.25, 0.3) is 0 Å². The smallest absolute Gasteiger partial charge is 0.328 e. The molecule has 3 rings (SSSR count). The molecule has 0 aliphatic heterocycles.